The van der Waals surface area contributed by atoms with Crippen molar-refractivity contribution < 1.29 is 9.90 Å². The molecule has 104 valence electrons. The van der Waals surface area contributed by atoms with E-state index in [-0.39, 0.29) is 6.54 Å². The molecule has 1 heterocycles. The molecule has 0 amide bonds. The smallest absolute Gasteiger partial charge is 0.323 e. The van der Waals surface area contributed by atoms with Crippen LogP contribution in [0.2, 0.25) is 0 Å². The van der Waals surface area contributed by atoms with Crippen LogP contribution in [0.4, 0.5) is 11.4 Å². The summed E-state index contributed by atoms with van der Waals surface area (Å²) in [6.07, 6.45) is 0.982. The minimum Gasteiger partial charge on any atom is -0.480 e. The van der Waals surface area contributed by atoms with Crippen molar-refractivity contribution in [1.29, 1.82) is 0 Å². The van der Waals surface area contributed by atoms with E-state index in [2.05, 4.69) is 44.0 Å². The molecule has 1 aliphatic rings. The minimum absolute atomic E-state index is 0.0718. The number of anilines is 2. The lowest BCUT2D eigenvalue weighted by Crippen LogP contribution is -2.30. The Kier molecular flexibility index (Phi) is 3.98. The zero-order valence-corrected chi connectivity index (χ0v) is 11.9. The molecule has 19 heavy (non-hydrogen) atoms. The molecule has 0 aromatic heterocycles. The molecule has 4 nitrogen and oxygen atoms in total. The Morgan fingerprint density at radius 3 is 2.68 bits per heavy atom. The molecule has 0 unspecified atom stereocenters. The van der Waals surface area contributed by atoms with Gasteiger partial charge in [-0.2, -0.15) is 0 Å². The summed E-state index contributed by atoms with van der Waals surface area (Å²) in [5.41, 5.74) is 3.43. The van der Waals surface area contributed by atoms with E-state index in [1.54, 1.807) is 0 Å². The summed E-state index contributed by atoms with van der Waals surface area (Å²) in [6, 6.07) is 6.40. The normalized spacial score (nSPS) is 15.4. The molecule has 0 fully saturated rings. The Balaban J connectivity index is 2.43. The summed E-state index contributed by atoms with van der Waals surface area (Å²) < 4.78 is 0. The number of aliphatic carboxylic acids is 1. The number of hydrogen-bond donors (Lipinski definition) is 1. The summed E-state index contributed by atoms with van der Waals surface area (Å²) in [7, 11) is 2.07. The van der Waals surface area contributed by atoms with Crippen LogP contribution in [0.5, 0.6) is 0 Å². The quantitative estimate of drug-likeness (QED) is 0.909. The molecule has 0 radical (unpaired) electrons. The van der Waals surface area contributed by atoms with Gasteiger partial charge in [-0.15, -0.1) is 0 Å². The Bertz CT molecular complexity index is 471. The lowest BCUT2D eigenvalue weighted by Gasteiger charge is -2.25. The fraction of sp³-hybridized carbons (Fsp3) is 0.533. The second kappa shape index (κ2) is 5.51. The molecule has 0 saturated carbocycles. The first-order valence-corrected chi connectivity index (χ1v) is 6.81. The van der Waals surface area contributed by atoms with Gasteiger partial charge in [0.25, 0.3) is 0 Å². The zero-order valence-electron chi connectivity index (χ0n) is 11.9. The standard InChI is InChI=1S/C15H22N2O2/c1-11(2)12-5-6-13-14(9-12)17(10-15(18)19)8-4-7-16(13)3/h5-6,9,11H,4,7-8,10H2,1-3H3,(H,18,19). The maximum Gasteiger partial charge on any atom is 0.323 e. The molecule has 2 rings (SSSR count). The van der Waals surface area contributed by atoms with Gasteiger partial charge >= 0.3 is 5.97 Å². The summed E-state index contributed by atoms with van der Waals surface area (Å²) in [6.45, 7) is 6.14. The molecule has 1 aromatic carbocycles. The van der Waals surface area contributed by atoms with Gasteiger partial charge in [-0.05, 0) is 30.0 Å². The third-order valence-corrected chi connectivity index (χ3v) is 3.67. The lowest BCUT2D eigenvalue weighted by molar-refractivity contribution is -0.135. The molecular weight excluding hydrogens is 240 g/mol. The summed E-state index contributed by atoms with van der Waals surface area (Å²) in [5.74, 6) is -0.323. The highest BCUT2D eigenvalue weighted by Gasteiger charge is 2.20. The largest absolute Gasteiger partial charge is 0.480 e. The highest BCUT2D eigenvalue weighted by Crippen LogP contribution is 2.34. The second-order valence-electron chi connectivity index (χ2n) is 5.49. The van der Waals surface area contributed by atoms with Crippen LogP contribution < -0.4 is 9.80 Å². The first kappa shape index (κ1) is 13.7. The van der Waals surface area contributed by atoms with Crippen molar-refractivity contribution in [2.24, 2.45) is 0 Å². The van der Waals surface area contributed by atoms with Gasteiger partial charge in [0.05, 0.1) is 11.4 Å². The predicted octanol–water partition coefficient (Wildman–Crippen LogP) is 2.54. The molecule has 1 aliphatic heterocycles. The van der Waals surface area contributed by atoms with Crippen LogP contribution in [0.15, 0.2) is 18.2 Å². The van der Waals surface area contributed by atoms with Crippen molar-refractivity contribution in [2.45, 2.75) is 26.2 Å². The van der Waals surface area contributed by atoms with Gasteiger partial charge in [-0.3, -0.25) is 4.79 Å². The van der Waals surface area contributed by atoms with Crippen LogP contribution in [0.3, 0.4) is 0 Å². The van der Waals surface area contributed by atoms with E-state index in [9.17, 15) is 4.79 Å². The number of fused-ring (bicyclic) bond motifs is 1. The van der Waals surface area contributed by atoms with Crippen molar-refractivity contribution >= 4 is 17.3 Å². The highest BCUT2D eigenvalue weighted by atomic mass is 16.4. The Labute approximate surface area is 114 Å². The van der Waals surface area contributed by atoms with Crippen molar-refractivity contribution in [2.75, 3.05) is 36.5 Å². The number of hydrogen-bond acceptors (Lipinski definition) is 3. The molecule has 1 aromatic rings. The van der Waals surface area contributed by atoms with E-state index in [0.717, 1.165) is 30.9 Å². The number of nitrogens with zero attached hydrogens (tertiary/aromatic N) is 2. The number of carbonyl (C=O) groups is 1. The molecule has 0 aliphatic carbocycles. The SMILES string of the molecule is CC(C)c1ccc2c(c1)N(CC(=O)O)CCCN2C. The van der Waals surface area contributed by atoms with Crippen molar-refractivity contribution in [1.82, 2.24) is 0 Å². The number of benzene rings is 1. The van der Waals surface area contributed by atoms with E-state index < -0.39 is 5.97 Å². The highest BCUT2D eigenvalue weighted by molar-refractivity contribution is 5.79. The molecule has 0 bridgehead atoms. The van der Waals surface area contributed by atoms with Crippen molar-refractivity contribution in [3.63, 3.8) is 0 Å². The van der Waals surface area contributed by atoms with Crippen LogP contribution in [0.25, 0.3) is 0 Å². The van der Waals surface area contributed by atoms with Gasteiger partial charge in [0, 0.05) is 20.1 Å². The van der Waals surface area contributed by atoms with Gasteiger partial charge in [-0.25, -0.2) is 0 Å². The van der Waals surface area contributed by atoms with Crippen LogP contribution >= 0.6 is 0 Å². The van der Waals surface area contributed by atoms with Crippen LogP contribution in [0, 0.1) is 0 Å². The van der Waals surface area contributed by atoms with E-state index >= 15 is 0 Å². The third-order valence-electron chi connectivity index (χ3n) is 3.67. The van der Waals surface area contributed by atoms with Crippen molar-refractivity contribution in [3.8, 4) is 0 Å². The number of carboxylic acid groups (broad SMARTS) is 1. The molecule has 0 atom stereocenters. The van der Waals surface area contributed by atoms with Crippen LogP contribution in [0.1, 0.15) is 31.7 Å². The average molecular weight is 262 g/mol. The maximum absolute atomic E-state index is 11.0. The Morgan fingerprint density at radius 1 is 1.32 bits per heavy atom. The lowest BCUT2D eigenvalue weighted by atomic mass is 10.0. The van der Waals surface area contributed by atoms with Gasteiger partial charge in [-0.1, -0.05) is 19.9 Å². The Morgan fingerprint density at radius 2 is 2.05 bits per heavy atom. The maximum atomic E-state index is 11.0. The van der Waals surface area contributed by atoms with E-state index in [1.807, 2.05) is 4.90 Å². The average Bonchev–Trinajstić information content (AvgIpc) is 2.49. The van der Waals surface area contributed by atoms with Crippen molar-refractivity contribution in [3.05, 3.63) is 23.8 Å². The monoisotopic (exact) mass is 262 g/mol. The topological polar surface area (TPSA) is 43.8 Å². The van der Waals surface area contributed by atoms with E-state index in [4.69, 9.17) is 5.11 Å². The predicted molar refractivity (Wildman–Crippen MR) is 78.3 cm³/mol. The molecule has 0 saturated heterocycles. The summed E-state index contributed by atoms with van der Waals surface area (Å²) in [4.78, 5) is 15.2. The van der Waals surface area contributed by atoms with E-state index in [1.165, 1.54) is 5.56 Å². The Hall–Kier alpha value is -1.71. The van der Waals surface area contributed by atoms with Crippen LogP contribution in [-0.2, 0) is 4.79 Å². The minimum atomic E-state index is -0.773. The number of rotatable bonds is 3. The van der Waals surface area contributed by atoms with Gasteiger partial charge in [0.15, 0.2) is 0 Å². The van der Waals surface area contributed by atoms with Crippen LogP contribution in [-0.4, -0.2) is 37.8 Å². The van der Waals surface area contributed by atoms with E-state index in [0.29, 0.717) is 5.92 Å². The third kappa shape index (κ3) is 3.00. The second-order valence-corrected chi connectivity index (χ2v) is 5.49. The van der Waals surface area contributed by atoms with Gasteiger partial charge in [0.1, 0.15) is 6.54 Å². The molecule has 4 heteroatoms. The molecule has 0 spiro atoms. The fourth-order valence-electron chi connectivity index (χ4n) is 2.54. The van der Waals surface area contributed by atoms with Gasteiger partial charge < -0.3 is 14.9 Å². The zero-order chi connectivity index (χ0) is 14.0. The first-order valence-electron chi connectivity index (χ1n) is 6.81. The summed E-state index contributed by atoms with van der Waals surface area (Å²) in [5, 5.41) is 9.07. The molecular formula is C15H22N2O2. The molecule has 1 N–H and O–H groups in total. The fourth-order valence-corrected chi connectivity index (χ4v) is 2.54. The summed E-state index contributed by atoms with van der Waals surface area (Å²) >= 11 is 0. The first-order chi connectivity index (χ1) is 8.99. The number of carboxylic acids is 1. The van der Waals surface area contributed by atoms with Gasteiger partial charge in [0.2, 0.25) is 0 Å².